The predicted octanol–water partition coefficient (Wildman–Crippen LogP) is 2.78. The third kappa shape index (κ3) is 4.79. The fourth-order valence-electron chi connectivity index (χ4n) is 3.12. The van der Waals surface area contributed by atoms with Gasteiger partial charge >= 0.3 is 11.2 Å². The van der Waals surface area contributed by atoms with Crippen molar-refractivity contribution < 1.29 is 9.53 Å². The van der Waals surface area contributed by atoms with E-state index >= 15 is 0 Å². The van der Waals surface area contributed by atoms with Crippen molar-refractivity contribution in [1.29, 1.82) is 0 Å². The Hall–Kier alpha value is -3.30. The zero-order valence-corrected chi connectivity index (χ0v) is 19.4. The highest BCUT2D eigenvalue weighted by Gasteiger charge is 2.18. The summed E-state index contributed by atoms with van der Waals surface area (Å²) < 4.78 is 7.17. The van der Waals surface area contributed by atoms with Gasteiger partial charge in [-0.2, -0.15) is 4.68 Å². The van der Waals surface area contributed by atoms with E-state index in [9.17, 15) is 14.4 Å². The molecule has 0 radical (unpaired) electrons. The van der Waals surface area contributed by atoms with Crippen LogP contribution in [0.15, 0.2) is 46.0 Å². The van der Waals surface area contributed by atoms with Crippen molar-refractivity contribution in [2.75, 3.05) is 31.4 Å². The first kappa shape index (κ1) is 23.4. The number of hydrogen-bond donors (Lipinski definition) is 1. The van der Waals surface area contributed by atoms with E-state index in [1.54, 1.807) is 24.3 Å². The number of amides is 1. The second-order valence-corrected chi connectivity index (χ2v) is 7.95. The van der Waals surface area contributed by atoms with Crippen LogP contribution >= 0.6 is 23.2 Å². The topological polar surface area (TPSA) is 98.5 Å². The Balaban J connectivity index is 2.19. The molecule has 1 aromatic heterocycles. The summed E-state index contributed by atoms with van der Waals surface area (Å²) >= 11 is 12.2. The molecule has 0 spiro atoms. The number of carbonyl (C=O) groups excluding carboxylic acids is 1. The number of ether oxygens (including phenoxy) is 1. The third-order valence-electron chi connectivity index (χ3n) is 4.59. The molecule has 3 rings (SSSR count). The van der Waals surface area contributed by atoms with Gasteiger partial charge in [0.2, 0.25) is 5.91 Å². The molecule has 9 nitrogen and oxygen atoms in total. The molecule has 1 N–H and O–H groups in total. The lowest BCUT2D eigenvalue weighted by Crippen LogP contribution is -2.41. The molecule has 168 valence electrons. The molecule has 0 saturated heterocycles. The minimum absolute atomic E-state index is 0.0344. The van der Waals surface area contributed by atoms with Crippen molar-refractivity contribution in [2.24, 2.45) is 0 Å². The van der Waals surface area contributed by atoms with E-state index in [0.717, 1.165) is 14.9 Å². The van der Waals surface area contributed by atoms with Gasteiger partial charge in [-0.25, -0.2) is 9.36 Å². The number of hydrogen-bond acceptors (Lipinski definition) is 6. The van der Waals surface area contributed by atoms with Gasteiger partial charge in [0.15, 0.2) is 0 Å². The molecule has 0 unspecified atom stereocenters. The maximum atomic E-state index is 13.3. The zero-order valence-electron chi connectivity index (χ0n) is 17.8. The lowest BCUT2D eigenvalue weighted by atomic mass is 10.1. The number of benzene rings is 2. The average Bonchev–Trinajstić information content (AvgIpc) is 2.73. The number of methoxy groups -OCH3 is 1. The van der Waals surface area contributed by atoms with Crippen LogP contribution in [0.1, 0.15) is 12.5 Å². The van der Waals surface area contributed by atoms with Gasteiger partial charge in [0.25, 0.3) is 5.88 Å². The first-order chi connectivity index (χ1) is 15.1. The molecular weight excluding hydrogens is 457 g/mol. The van der Waals surface area contributed by atoms with Gasteiger partial charge in [0, 0.05) is 31.7 Å². The number of rotatable bonds is 6. The maximum Gasteiger partial charge on any atom is 0.352 e. The van der Waals surface area contributed by atoms with E-state index in [-0.39, 0.29) is 23.4 Å². The second kappa shape index (κ2) is 9.46. The molecule has 11 heteroatoms. The molecule has 0 atom stereocenters. The molecule has 2 aromatic carbocycles. The Labute approximate surface area is 193 Å². The fraction of sp³-hybridized carbons (Fsp3) is 0.238. The highest BCUT2D eigenvalue weighted by molar-refractivity contribution is 6.33. The first-order valence-electron chi connectivity index (χ1n) is 9.43. The van der Waals surface area contributed by atoms with Crippen LogP contribution in [0, 0.1) is 0 Å². The van der Waals surface area contributed by atoms with Crippen LogP contribution in [0.4, 0.5) is 11.4 Å². The molecule has 0 aliphatic carbocycles. The molecule has 1 amide bonds. The summed E-state index contributed by atoms with van der Waals surface area (Å²) in [6.07, 6.45) is 0. The third-order valence-corrected chi connectivity index (χ3v) is 5.15. The van der Waals surface area contributed by atoms with Gasteiger partial charge in [-0.1, -0.05) is 29.3 Å². The number of anilines is 2. The highest BCUT2D eigenvalue weighted by atomic mass is 35.5. The van der Waals surface area contributed by atoms with Gasteiger partial charge in [0.05, 0.1) is 30.1 Å². The van der Waals surface area contributed by atoms with Crippen LogP contribution in [0.3, 0.4) is 0 Å². The number of aromatic nitrogens is 3. The van der Waals surface area contributed by atoms with Gasteiger partial charge in [0.1, 0.15) is 0 Å². The Bertz CT molecular complexity index is 1300. The van der Waals surface area contributed by atoms with E-state index in [2.05, 4.69) is 10.4 Å². The summed E-state index contributed by atoms with van der Waals surface area (Å²) in [6, 6.07) is 9.73. The highest BCUT2D eigenvalue weighted by Crippen LogP contribution is 2.25. The van der Waals surface area contributed by atoms with Crippen molar-refractivity contribution in [3.05, 3.63) is 72.8 Å². The molecular formula is C21H21Cl2N5O4. The second-order valence-electron chi connectivity index (χ2n) is 7.11. The van der Waals surface area contributed by atoms with Crippen molar-refractivity contribution >= 4 is 40.5 Å². The predicted molar refractivity (Wildman–Crippen MR) is 125 cm³/mol. The molecule has 0 saturated carbocycles. The van der Waals surface area contributed by atoms with E-state index in [1.165, 1.54) is 26.2 Å². The van der Waals surface area contributed by atoms with Gasteiger partial charge in [-0.3, -0.25) is 9.59 Å². The minimum Gasteiger partial charge on any atom is -0.476 e. The Morgan fingerprint density at radius 3 is 2.50 bits per heavy atom. The quantitative estimate of drug-likeness (QED) is 0.585. The summed E-state index contributed by atoms with van der Waals surface area (Å²) in [7, 11) is 4.96. The summed E-state index contributed by atoms with van der Waals surface area (Å²) in [6.45, 7) is 1.30. The summed E-state index contributed by atoms with van der Waals surface area (Å²) in [5.41, 5.74) is 0.684. The standard InChI is InChI=1S/C21H21Cl2N5O4/c1-12(29)24-17-10-15(7-8-16(17)23)28-21(31)27(20(30)19(25-28)32-4)11-13-5-6-14(22)9-18(13)26(2)3/h5-10H,11H2,1-4H3,(H,24,29). The molecule has 0 bridgehead atoms. The molecule has 1 heterocycles. The van der Waals surface area contributed by atoms with Crippen LogP contribution in [0.5, 0.6) is 5.88 Å². The summed E-state index contributed by atoms with van der Waals surface area (Å²) in [5, 5.41) is 7.45. The van der Waals surface area contributed by atoms with Crippen molar-refractivity contribution in [1.82, 2.24) is 14.3 Å². The smallest absolute Gasteiger partial charge is 0.352 e. The minimum atomic E-state index is -0.688. The van der Waals surface area contributed by atoms with E-state index in [4.69, 9.17) is 27.9 Å². The molecule has 3 aromatic rings. The van der Waals surface area contributed by atoms with Crippen LogP contribution in [0.25, 0.3) is 5.69 Å². The normalized spacial score (nSPS) is 10.7. The van der Waals surface area contributed by atoms with Crippen molar-refractivity contribution in [3.63, 3.8) is 0 Å². The monoisotopic (exact) mass is 477 g/mol. The average molecular weight is 478 g/mol. The van der Waals surface area contributed by atoms with Crippen LogP contribution in [0.2, 0.25) is 10.0 Å². The van der Waals surface area contributed by atoms with E-state index < -0.39 is 11.2 Å². The fourth-order valence-corrected chi connectivity index (χ4v) is 3.45. The number of nitrogens with one attached hydrogen (secondary N) is 1. The van der Waals surface area contributed by atoms with Crippen LogP contribution in [-0.4, -0.2) is 41.5 Å². The maximum absolute atomic E-state index is 13.3. The number of nitrogens with zero attached hydrogens (tertiary/aromatic N) is 4. The summed E-state index contributed by atoms with van der Waals surface area (Å²) in [5.74, 6) is -0.591. The number of carbonyl (C=O) groups is 1. The first-order valence-corrected chi connectivity index (χ1v) is 10.2. The van der Waals surface area contributed by atoms with Crippen molar-refractivity contribution in [3.8, 4) is 11.6 Å². The molecule has 0 aliphatic heterocycles. The van der Waals surface area contributed by atoms with Crippen molar-refractivity contribution in [2.45, 2.75) is 13.5 Å². The Morgan fingerprint density at radius 2 is 1.88 bits per heavy atom. The Kier molecular flexibility index (Phi) is 6.90. The molecule has 0 fully saturated rings. The summed E-state index contributed by atoms with van der Waals surface area (Å²) in [4.78, 5) is 39.4. The van der Waals surface area contributed by atoms with Crippen LogP contribution in [-0.2, 0) is 11.3 Å². The SMILES string of the molecule is COc1nn(-c2ccc(Cl)c(NC(C)=O)c2)c(=O)n(Cc2ccc(Cl)cc2N(C)C)c1=O. The van der Waals surface area contributed by atoms with Gasteiger partial charge < -0.3 is 15.0 Å². The zero-order chi connectivity index (χ0) is 23.6. The lowest BCUT2D eigenvalue weighted by Gasteiger charge is -2.19. The van der Waals surface area contributed by atoms with Gasteiger partial charge in [-0.15, -0.1) is 5.10 Å². The van der Waals surface area contributed by atoms with Crippen LogP contribution < -0.4 is 26.2 Å². The number of halogens is 2. The Morgan fingerprint density at radius 1 is 1.16 bits per heavy atom. The van der Waals surface area contributed by atoms with E-state index in [1.807, 2.05) is 19.0 Å². The molecule has 0 aliphatic rings. The lowest BCUT2D eigenvalue weighted by molar-refractivity contribution is -0.114. The largest absolute Gasteiger partial charge is 0.476 e. The molecule has 32 heavy (non-hydrogen) atoms. The van der Waals surface area contributed by atoms with E-state index in [0.29, 0.717) is 22.0 Å². The van der Waals surface area contributed by atoms with Gasteiger partial charge in [-0.05, 0) is 35.9 Å².